The zero-order chi connectivity index (χ0) is 15.5. The minimum absolute atomic E-state index is 0.0794. The number of hydrogen-bond acceptors (Lipinski definition) is 6. The fraction of sp³-hybridized carbons (Fsp3) is 0.400. The Morgan fingerprint density at radius 3 is 2.73 bits per heavy atom. The molecular formula is C15H18N4OS2. The Labute approximate surface area is 137 Å². The molecule has 0 bridgehead atoms. The van der Waals surface area contributed by atoms with E-state index < -0.39 is 0 Å². The zero-order valence-corrected chi connectivity index (χ0v) is 14.1. The van der Waals surface area contributed by atoms with Crippen LogP contribution in [0.5, 0.6) is 0 Å². The van der Waals surface area contributed by atoms with E-state index in [0.717, 1.165) is 28.0 Å². The van der Waals surface area contributed by atoms with Gasteiger partial charge in [0.25, 0.3) is 0 Å². The van der Waals surface area contributed by atoms with E-state index in [1.165, 1.54) is 28.7 Å². The van der Waals surface area contributed by atoms with Crippen molar-refractivity contribution in [3.63, 3.8) is 0 Å². The van der Waals surface area contributed by atoms with E-state index in [1.807, 2.05) is 31.2 Å². The summed E-state index contributed by atoms with van der Waals surface area (Å²) in [5.41, 5.74) is 2.20. The minimum atomic E-state index is -0.152. The van der Waals surface area contributed by atoms with Crippen molar-refractivity contribution in [1.82, 2.24) is 15.5 Å². The van der Waals surface area contributed by atoms with Crippen LogP contribution in [0.15, 0.2) is 28.6 Å². The fourth-order valence-corrected chi connectivity index (χ4v) is 3.74. The van der Waals surface area contributed by atoms with Gasteiger partial charge in [-0.1, -0.05) is 40.8 Å². The summed E-state index contributed by atoms with van der Waals surface area (Å²) in [6, 6.07) is 8.50. The molecule has 1 atom stereocenters. The second-order valence-corrected chi connectivity index (χ2v) is 7.97. The van der Waals surface area contributed by atoms with Crippen molar-refractivity contribution in [3.05, 3.63) is 29.8 Å². The van der Waals surface area contributed by atoms with Crippen molar-refractivity contribution in [2.75, 3.05) is 5.32 Å². The molecule has 1 aromatic carbocycles. The quantitative estimate of drug-likeness (QED) is 0.793. The van der Waals surface area contributed by atoms with Crippen LogP contribution in [0.3, 0.4) is 0 Å². The van der Waals surface area contributed by atoms with Crippen molar-refractivity contribution >= 4 is 39.8 Å². The lowest BCUT2D eigenvalue weighted by molar-refractivity contribution is -0.120. The Balaban J connectivity index is 1.56. The molecular weight excluding hydrogens is 316 g/mol. The summed E-state index contributed by atoms with van der Waals surface area (Å²) in [7, 11) is 0. The lowest BCUT2D eigenvalue weighted by Crippen LogP contribution is -2.32. The Hall–Kier alpha value is -1.60. The summed E-state index contributed by atoms with van der Waals surface area (Å²) in [4.78, 5) is 11.9. The van der Waals surface area contributed by atoms with E-state index in [4.69, 9.17) is 0 Å². The maximum Gasteiger partial charge on any atom is 0.233 e. The third-order valence-electron chi connectivity index (χ3n) is 3.28. The number of thioether (sulfide) groups is 1. The number of aromatic nitrogens is 2. The topological polar surface area (TPSA) is 66.9 Å². The van der Waals surface area contributed by atoms with Gasteiger partial charge in [0.1, 0.15) is 0 Å². The Kier molecular flexibility index (Phi) is 4.63. The highest BCUT2D eigenvalue weighted by Gasteiger charge is 2.26. The molecule has 1 aromatic heterocycles. The number of benzene rings is 1. The summed E-state index contributed by atoms with van der Waals surface area (Å²) in [6.45, 7) is 3.95. The second-order valence-electron chi connectivity index (χ2n) is 5.41. The molecule has 0 aliphatic heterocycles. The first kappa shape index (κ1) is 15.3. The lowest BCUT2D eigenvalue weighted by Gasteiger charge is -2.08. The fourth-order valence-electron chi connectivity index (χ4n) is 1.82. The van der Waals surface area contributed by atoms with Gasteiger partial charge in [-0.3, -0.25) is 4.79 Å². The maximum atomic E-state index is 11.9. The van der Waals surface area contributed by atoms with Crippen LogP contribution in [0.1, 0.15) is 25.3 Å². The third kappa shape index (κ3) is 4.20. The van der Waals surface area contributed by atoms with Gasteiger partial charge in [-0.2, -0.15) is 0 Å². The Morgan fingerprint density at radius 1 is 1.32 bits per heavy atom. The average molecular weight is 334 g/mol. The number of carbonyl (C=O) groups is 1. The van der Waals surface area contributed by atoms with Gasteiger partial charge in [-0.05, 0) is 38.8 Å². The number of anilines is 2. The molecule has 1 saturated carbocycles. The number of nitrogens with one attached hydrogen (secondary N) is 2. The van der Waals surface area contributed by atoms with Crippen LogP contribution in [0, 0.1) is 6.92 Å². The molecule has 1 amide bonds. The van der Waals surface area contributed by atoms with Crippen LogP contribution in [0.2, 0.25) is 0 Å². The first-order chi connectivity index (χ1) is 10.6. The van der Waals surface area contributed by atoms with Gasteiger partial charge in [0, 0.05) is 11.7 Å². The molecule has 1 aliphatic rings. The van der Waals surface area contributed by atoms with Crippen molar-refractivity contribution in [1.29, 1.82) is 0 Å². The van der Waals surface area contributed by atoms with E-state index in [1.54, 1.807) is 0 Å². The number of rotatable bonds is 6. The van der Waals surface area contributed by atoms with Crippen molar-refractivity contribution < 1.29 is 4.79 Å². The standard InChI is InChI=1S/C15H18N4OS2/c1-9-3-5-12(6-4-9)17-14-18-19-15(22-14)21-10(2)13(20)16-11-7-8-11/h3-6,10-11H,7-8H2,1-2H3,(H,16,20)(H,17,18)/t10-/m0/s1. The van der Waals surface area contributed by atoms with E-state index in [2.05, 4.69) is 27.8 Å². The smallest absolute Gasteiger partial charge is 0.233 e. The van der Waals surface area contributed by atoms with Crippen molar-refractivity contribution in [2.24, 2.45) is 0 Å². The summed E-state index contributed by atoms with van der Waals surface area (Å²) in [6.07, 6.45) is 2.21. The maximum absolute atomic E-state index is 11.9. The number of hydrogen-bond donors (Lipinski definition) is 2. The molecule has 22 heavy (non-hydrogen) atoms. The second kappa shape index (κ2) is 6.66. The summed E-state index contributed by atoms with van der Waals surface area (Å²) >= 11 is 2.91. The SMILES string of the molecule is Cc1ccc(Nc2nnc(S[C@@H](C)C(=O)NC3CC3)s2)cc1. The number of amides is 1. The normalized spacial score (nSPS) is 15.4. The van der Waals surface area contributed by atoms with E-state index in [0.29, 0.717) is 6.04 Å². The monoisotopic (exact) mass is 334 g/mol. The van der Waals surface area contributed by atoms with E-state index in [-0.39, 0.29) is 11.2 Å². The van der Waals surface area contributed by atoms with Crippen LogP contribution >= 0.6 is 23.1 Å². The van der Waals surface area contributed by atoms with Crippen LogP contribution in [0.25, 0.3) is 0 Å². The molecule has 116 valence electrons. The summed E-state index contributed by atoms with van der Waals surface area (Å²) < 4.78 is 0.799. The Morgan fingerprint density at radius 2 is 2.05 bits per heavy atom. The van der Waals surface area contributed by atoms with Crippen LogP contribution in [0.4, 0.5) is 10.8 Å². The third-order valence-corrected chi connectivity index (χ3v) is 5.30. The molecule has 5 nitrogen and oxygen atoms in total. The van der Waals surface area contributed by atoms with Crippen LogP contribution in [-0.2, 0) is 4.79 Å². The Bertz CT molecular complexity index is 652. The molecule has 3 rings (SSSR count). The zero-order valence-electron chi connectivity index (χ0n) is 12.5. The van der Waals surface area contributed by atoms with Gasteiger partial charge < -0.3 is 10.6 Å². The molecule has 7 heteroatoms. The van der Waals surface area contributed by atoms with E-state index in [9.17, 15) is 4.79 Å². The van der Waals surface area contributed by atoms with Crippen LogP contribution in [-0.4, -0.2) is 27.4 Å². The van der Waals surface area contributed by atoms with E-state index >= 15 is 0 Å². The molecule has 0 saturated heterocycles. The van der Waals surface area contributed by atoms with Gasteiger partial charge in [0.2, 0.25) is 11.0 Å². The molecule has 2 N–H and O–H groups in total. The molecule has 1 fully saturated rings. The molecule has 0 spiro atoms. The largest absolute Gasteiger partial charge is 0.352 e. The highest BCUT2D eigenvalue weighted by molar-refractivity contribution is 8.02. The highest BCUT2D eigenvalue weighted by Crippen LogP contribution is 2.31. The van der Waals surface area contributed by atoms with Crippen LogP contribution < -0.4 is 10.6 Å². The molecule has 0 radical (unpaired) electrons. The average Bonchev–Trinajstić information content (AvgIpc) is 3.20. The van der Waals surface area contributed by atoms with Gasteiger partial charge in [0.15, 0.2) is 4.34 Å². The summed E-state index contributed by atoms with van der Waals surface area (Å²) in [5.74, 6) is 0.0794. The molecule has 1 aliphatic carbocycles. The first-order valence-corrected chi connectivity index (χ1v) is 8.94. The van der Waals surface area contributed by atoms with Gasteiger partial charge in [-0.15, -0.1) is 10.2 Å². The number of nitrogens with zero attached hydrogens (tertiary/aromatic N) is 2. The molecule has 1 heterocycles. The van der Waals surface area contributed by atoms with Gasteiger partial charge in [-0.25, -0.2) is 0 Å². The lowest BCUT2D eigenvalue weighted by atomic mass is 10.2. The minimum Gasteiger partial charge on any atom is -0.352 e. The van der Waals surface area contributed by atoms with Gasteiger partial charge >= 0.3 is 0 Å². The van der Waals surface area contributed by atoms with Crippen molar-refractivity contribution in [2.45, 2.75) is 42.3 Å². The predicted molar refractivity (Wildman–Crippen MR) is 90.9 cm³/mol. The molecule has 2 aromatic rings. The van der Waals surface area contributed by atoms with Gasteiger partial charge in [0.05, 0.1) is 5.25 Å². The highest BCUT2D eigenvalue weighted by atomic mass is 32.2. The number of aryl methyl sites for hydroxylation is 1. The first-order valence-electron chi connectivity index (χ1n) is 7.24. The summed E-state index contributed by atoms with van der Waals surface area (Å²) in [5, 5.41) is 15.1. The predicted octanol–water partition coefficient (Wildman–Crippen LogP) is 3.35. The van der Waals surface area contributed by atoms with Crippen molar-refractivity contribution in [3.8, 4) is 0 Å². The molecule has 0 unspecified atom stereocenters. The number of carbonyl (C=O) groups excluding carboxylic acids is 1.